The molecule has 0 saturated heterocycles. The van der Waals surface area contributed by atoms with Gasteiger partial charge in [-0.3, -0.25) is 0 Å². The van der Waals surface area contributed by atoms with E-state index in [2.05, 4.69) is 15.3 Å². The van der Waals surface area contributed by atoms with Crippen molar-refractivity contribution < 1.29 is 0 Å². The first kappa shape index (κ1) is 13.7. The van der Waals surface area contributed by atoms with Crippen molar-refractivity contribution in [1.82, 2.24) is 9.97 Å². The van der Waals surface area contributed by atoms with Gasteiger partial charge in [0, 0.05) is 11.3 Å². The number of nitrogens with one attached hydrogen (secondary N) is 1. The third kappa shape index (κ3) is 3.00. The highest BCUT2D eigenvalue weighted by atomic mass is 35.5. The minimum Gasteiger partial charge on any atom is -0.383 e. The Morgan fingerprint density at radius 1 is 1.16 bits per heavy atom. The number of aromatic nitrogens is 2. The maximum atomic E-state index is 5.96. The van der Waals surface area contributed by atoms with E-state index in [0.29, 0.717) is 28.1 Å². The van der Waals surface area contributed by atoms with E-state index in [-0.39, 0.29) is 5.95 Å². The zero-order chi connectivity index (χ0) is 14.0. The smallest absolute Gasteiger partial charge is 0.223 e. The fourth-order valence-corrected chi connectivity index (χ4v) is 1.98. The topological polar surface area (TPSA) is 89.8 Å². The number of nitrogens with zero attached hydrogens (tertiary/aromatic N) is 2. The van der Waals surface area contributed by atoms with Crippen LogP contribution in [0.25, 0.3) is 0 Å². The summed E-state index contributed by atoms with van der Waals surface area (Å²) in [6.07, 6.45) is 0.690. The van der Waals surface area contributed by atoms with Crippen LogP contribution in [0.1, 0.15) is 12.5 Å². The number of anilines is 4. The molecule has 0 amide bonds. The van der Waals surface area contributed by atoms with Crippen molar-refractivity contribution in [3.63, 3.8) is 0 Å². The summed E-state index contributed by atoms with van der Waals surface area (Å²) in [5, 5.41) is 4.07. The van der Waals surface area contributed by atoms with E-state index in [1.165, 1.54) is 0 Å². The lowest BCUT2D eigenvalue weighted by Gasteiger charge is -2.12. The van der Waals surface area contributed by atoms with Crippen LogP contribution in [0.3, 0.4) is 0 Å². The molecule has 2 aromatic rings. The number of halogens is 2. The molecule has 0 aliphatic heterocycles. The molecule has 0 fully saturated rings. The summed E-state index contributed by atoms with van der Waals surface area (Å²) in [4.78, 5) is 8.09. The average Bonchev–Trinajstić information content (AvgIpc) is 2.33. The van der Waals surface area contributed by atoms with Gasteiger partial charge in [0.1, 0.15) is 11.6 Å². The van der Waals surface area contributed by atoms with Gasteiger partial charge in [-0.2, -0.15) is 9.97 Å². The first-order chi connectivity index (χ1) is 9.01. The van der Waals surface area contributed by atoms with Crippen molar-refractivity contribution in [2.24, 2.45) is 0 Å². The van der Waals surface area contributed by atoms with E-state index in [0.717, 1.165) is 11.3 Å². The fraction of sp³-hybridized carbons (Fsp3) is 0.167. The van der Waals surface area contributed by atoms with Crippen molar-refractivity contribution >= 4 is 46.5 Å². The number of nitrogen functional groups attached to an aromatic ring is 2. The van der Waals surface area contributed by atoms with Crippen LogP contribution in [0.15, 0.2) is 18.2 Å². The minimum absolute atomic E-state index is 0.122. The van der Waals surface area contributed by atoms with Crippen LogP contribution in [-0.2, 0) is 6.42 Å². The molecule has 0 aliphatic rings. The third-order valence-corrected chi connectivity index (χ3v) is 3.33. The average molecular weight is 298 g/mol. The Bertz CT molecular complexity index is 615. The number of rotatable bonds is 3. The Kier molecular flexibility index (Phi) is 3.97. The predicted molar refractivity (Wildman–Crippen MR) is 80.0 cm³/mol. The molecule has 0 spiro atoms. The highest BCUT2D eigenvalue weighted by Gasteiger charge is 2.10. The van der Waals surface area contributed by atoms with Gasteiger partial charge in [-0.05, 0) is 24.6 Å². The zero-order valence-electron chi connectivity index (χ0n) is 10.2. The van der Waals surface area contributed by atoms with Gasteiger partial charge in [0.15, 0.2) is 0 Å². The molecule has 0 bridgehead atoms. The van der Waals surface area contributed by atoms with Gasteiger partial charge >= 0.3 is 0 Å². The third-order valence-electron chi connectivity index (χ3n) is 2.59. The molecule has 1 heterocycles. The molecule has 0 aliphatic carbocycles. The molecule has 100 valence electrons. The Morgan fingerprint density at radius 2 is 1.89 bits per heavy atom. The second-order valence-electron chi connectivity index (χ2n) is 3.90. The van der Waals surface area contributed by atoms with Crippen LogP contribution in [-0.4, -0.2) is 9.97 Å². The molecule has 0 saturated carbocycles. The normalized spacial score (nSPS) is 10.5. The second kappa shape index (κ2) is 5.50. The van der Waals surface area contributed by atoms with Crippen molar-refractivity contribution in [3.8, 4) is 0 Å². The van der Waals surface area contributed by atoms with Crippen LogP contribution < -0.4 is 16.8 Å². The van der Waals surface area contributed by atoms with Crippen LogP contribution in [0.4, 0.5) is 23.3 Å². The van der Waals surface area contributed by atoms with Crippen LogP contribution in [0, 0.1) is 0 Å². The quantitative estimate of drug-likeness (QED) is 0.809. The Balaban J connectivity index is 2.39. The summed E-state index contributed by atoms with van der Waals surface area (Å²) >= 11 is 11.8. The molecule has 5 N–H and O–H groups in total. The number of hydrogen-bond donors (Lipinski definition) is 3. The summed E-state index contributed by atoms with van der Waals surface area (Å²) in [5.41, 5.74) is 13.0. The molecular weight excluding hydrogens is 285 g/mol. The molecule has 0 radical (unpaired) electrons. The van der Waals surface area contributed by atoms with Crippen LogP contribution in [0.5, 0.6) is 0 Å². The summed E-state index contributed by atoms with van der Waals surface area (Å²) < 4.78 is 0. The van der Waals surface area contributed by atoms with E-state index >= 15 is 0 Å². The Morgan fingerprint density at radius 3 is 2.53 bits per heavy atom. The van der Waals surface area contributed by atoms with Gasteiger partial charge in [0.25, 0.3) is 0 Å². The van der Waals surface area contributed by atoms with Crippen molar-refractivity contribution in [2.75, 3.05) is 16.8 Å². The van der Waals surface area contributed by atoms with E-state index in [1.54, 1.807) is 18.2 Å². The monoisotopic (exact) mass is 297 g/mol. The maximum absolute atomic E-state index is 5.96. The minimum atomic E-state index is 0.122. The largest absolute Gasteiger partial charge is 0.383 e. The molecule has 2 rings (SSSR count). The molecule has 0 atom stereocenters. The highest BCUT2D eigenvalue weighted by Crippen LogP contribution is 2.28. The Hall–Kier alpha value is -1.72. The molecule has 19 heavy (non-hydrogen) atoms. The Labute approximate surface area is 120 Å². The lowest BCUT2D eigenvalue weighted by molar-refractivity contribution is 1.07. The first-order valence-electron chi connectivity index (χ1n) is 5.65. The first-order valence-corrected chi connectivity index (χ1v) is 6.40. The number of benzene rings is 1. The summed E-state index contributed by atoms with van der Waals surface area (Å²) in [6.45, 7) is 1.96. The van der Waals surface area contributed by atoms with E-state index in [9.17, 15) is 0 Å². The van der Waals surface area contributed by atoms with E-state index < -0.39 is 0 Å². The highest BCUT2D eigenvalue weighted by molar-refractivity contribution is 6.42. The van der Waals surface area contributed by atoms with E-state index in [1.807, 2.05) is 6.92 Å². The molecule has 1 aromatic heterocycles. The molecule has 1 aromatic carbocycles. The lowest BCUT2D eigenvalue weighted by Crippen LogP contribution is -2.08. The van der Waals surface area contributed by atoms with Crippen LogP contribution in [0.2, 0.25) is 10.0 Å². The van der Waals surface area contributed by atoms with Crippen molar-refractivity contribution in [3.05, 3.63) is 33.8 Å². The number of hydrogen-bond acceptors (Lipinski definition) is 5. The van der Waals surface area contributed by atoms with Gasteiger partial charge in [0.05, 0.1) is 10.0 Å². The summed E-state index contributed by atoms with van der Waals surface area (Å²) in [5.74, 6) is 1.07. The molecular formula is C12H13Cl2N5. The standard InChI is InChI=1S/C12H13Cl2N5/c1-2-7-10(15)18-12(16)19-11(7)17-6-3-4-8(13)9(14)5-6/h3-5H,2H2,1H3,(H5,15,16,17,18,19). The summed E-state index contributed by atoms with van der Waals surface area (Å²) in [7, 11) is 0. The van der Waals surface area contributed by atoms with Gasteiger partial charge in [-0.1, -0.05) is 30.1 Å². The van der Waals surface area contributed by atoms with E-state index in [4.69, 9.17) is 34.7 Å². The van der Waals surface area contributed by atoms with Crippen LogP contribution >= 0.6 is 23.2 Å². The van der Waals surface area contributed by atoms with Gasteiger partial charge in [-0.15, -0.1) is 0 Å². The second-order valence-corrected chi connectivity index (χ2v) is 4.72. The van der Waals surface area contributed by atoms with Gasteiger partial charge in [0.2, 0.25) is 5.95 Å². The van der Waals surface area contributed by atoms with Gasteiger partial charge < -0.3 is 16.8 Å². The predicted octanol–water partition coefficient (Wildman–Crippen LogP) is 3.25. The summed E-state index contributed by atoms with van der Waals surface area (Å²) in [6, 6.07) is 5.20. The van der Waals surface area contributed by atoms with Crippen molar-refractivity contribution in [1.29, 1.82) is 0 Å². The SMILES string of the molecule is CCc1c(N)nc(N)nc1Nc1ccc(Cl)c(Cl)c1. The molecule has 7 heteroatoms. The number of nitrogens with two attached hydrogens (primary N) is 2. The van der Waals surface area contributed by atoms with Gasteiger partial charge in [-0.25, -0.2) is 0 Å². The molecule has 5 nitrogen and oxygen atoms in total. The lowest BCUT2D eigenvalue weighted by atomic mass is 10.2. The van der Waals surface area contributed by atoms with Crippen molar-refractivity contribution in [2.45, 2.75) is 13.3 Å². The fourth-order valence-electron chi connectivity index (χ4n) is 1.68. The zero-order valence-corrected chi connectivity index (χ0v) is 11.8. The molecule has 0 unspecified atom stereocenters. The maximum Gasteiger partial charge on any atom is 0.223 e.